The maximum atomic E-state index is 12.8. The molecule has 29 heavy (non-hydrogen) atoms. The standard InChI is InChI=1S/C21H20ClN5O2/c1-12-6-9-16(23-20(28)14-7-8-14)11-18(12)24-21(29)19-13(2)25-27(26-19)17-5-3-4-15(22)10-17/h3-6,9-11,14H,7-8H2,1-2H3,(H,23,28)(H,24,29). The summed E-state index contributed by atoms with van der Waals surface area (Å²) in [7, 11) is 0. The van der Waals surface area contributed by atoms with Gasteiger partial charge in [-0.25, -0.2) is 0 Å². The van der Waals surface area contributed by atoms with Crippen LogP contribution in [0.2, 0.25) is 5.02 Å². The molecule has 7 nitrogen and oxygen atoms in total. The summed E-state index contributed by atoms with van der Waals surface area (Å²) >= 11 is 6.02. The Morgan fingerprint density at radius 2 is 1.86 bits per heavy atom. The Morgan fingerprint density at radius 3 is 2.59 bits per heavy atom. The predicted molar refractivity (Wildman–Crippen MR) is 112 cm³/mol. The zero-order valence-electron chi connectivity index (χ0n) is 16.1. The fourth-order valence-electron chi connectivity index (χ4n) is 2.91. The Morgan fingerprint density at radius 1 is 1.07 bits per heavy atom. The Kier molecular flexibility index (Phi) is 5.07. The normalized spacial score (nSPS) is 13.2. The van der Waals surface area contributed by atoms with Crippen LogP contribution in [-0.4, -0.2) is 26.8 Å². The first kappa shape index (κ1) is 19.1. The molecule has 0 unspecified atom stereocenters. The third kappa shape index (κ3) is 4.30. The number of nitrogens with one attached hydrogen (secondary N) is 2. The minimum Gasteiger partial charge on any atom is -0.326 e. The van der Waals surface area contributed by atoms with E-state index in [4.69, 9.17) is 11.6 Å². The number of anilines is 2. The van der Waals surface area contributed by atoms with Gasteiger partial charge in [0.25, 0.3) is 5.91 Å². The molecule has 0 radical (unpaired) electrons. The van der Waals surface area contributed by atoms with Crippen molar-refractivity contribution < 1.29 is 9.59 Å². The van der Waals surface area contributed by atoms with Gasteiger partial charge in [-0.2, -0.15) is 9.90 Å². The largest absolute Gasteiger partial charge is 0.326 e. The monoisotopic (exact) mass is 409 g/mol. The lowest BCUT2D eigenvalue weighted by atomic mass is 10.1. The van der Waals surface area contributed by atoms with E-state index in [9.17, 15) is 9.59 Å². The number of amides is 2. The Labute approximate surface area is 173 Å². The van der Waals surface area contributed by atoms with E-state index in [2.05, 4.69) is 20.8 Å². The number of hydrogen-bond acceptors (Lipinski definition) is 4. The van der Waals surface area contributed by atoms with Gasteiger partial charge in [-0.05, 0) is 62.6 Å². The van der Waals surface area contributed by atoms with E-state index in [1.54, 1.807) is 31.2 Å². The third-order valence-electron chi connectivity index (χ3n) is 4.74. The lowest BCUT2D eigenvalue weighted by Gasteiger charge is -2.11. The van der Waals surface area contributed by atoms with Gasteiger partial charge >= 0.3 is 0 Å². The number of rotatable bonds is 5. The number of halogens is 1. The van der Waals surface area contributed by atoms with Crippen molar-refractivity contribution in [3.8, 4) is 5.69 Å². The molecule has 0 aliphatic heterocycles. The first-order valence-electron chi connectivity index (χ1n) is 9.33. The first-order valence-corrected chi connectivity index (χ1v) is 9.71. The van der Waals surface area contributed by atoms with Crippen molar-refractivity contribution in [2.75, 3.05) is 10.6 Å². The highest BCUT2D eigenvalue weighted by Crippen LogP contribution is 2.31. The van der Waals surface area contributed by atoms with Crippen molar-refractivity contribution in [1.82, 2.24) is 15.0 Å². The lowest BCUT2D eigenvalue weighted by molar-refractivity contribution is -0.117. The molecule has 0 spiro atoms. The summed E-state index contributed by atoms with van der Waals surface area (Å²) in [5.41, 5.74) is 3.53. The number of nitrogens with zero attached hydrogens (tertiary/aromatic N) is 3. The second kappa shape index (κ2) is 7.67. The Balaban J connectivity index is 1.54. The molecule has 4 rings (SSSR count). The van der Waals surface area contributed by atoms with E-state index >= 15 is 0 Å². The number of carbonyl (C=O) groups excluding carboxylic acids is 2. The lowest BCUT2D eigenvalue weighted by Crippen LogP contribution is -2.16. The molecular formula is C21H20ClN5O2. The fraction of sp³-hybridized carbons (Fsp3) is 0.238. The average Bonchev–Trinajstić information content (AvgIpc) is 3.46. The van der Waals surface area contributed by atoms with Gasteiger partial charge in [0.1, 0.15) is 0 Å². The van der Waals surface area contributed by atoms with Gasteiger partial charge in [0, 0.05) is 22.3 Å². The number of benzene rings is 2. The predicted octanol–water partition coefficient (Wildman–Crippen LogP) is 4.14. The summed E-state index contributed by atoms with van der Waals surface area (Å²) in [6.07, 6.45) is 1.87. The maximum absolute atomic E-state index is 12.8. The molecule has 0 atom stereocenters. The molecule has 1 aliphatic carbocycles. The molecule has 2 amide bonds. The number of hydrogen-bond donors (Lipinski definition) is 2. The van der Waals surface area contributed by atoms with Crippen molar-refractivity contribution in [2.45, 2.75) is 26.7 Å². The van der Waals surface area contributed by atoms with E-state index < -0.39 is 0 Å². The summed E-state index contributed by atoms with van der Waals surface area (Å²) in [6, 6.07) is 12.5. The molecule has 1 heterocycles. The fourth-order valence-corrected chi connectivity index (χ4v) is 3.09. The van der Waals surface area contributed by atoms with E-state index in [1.165, 1.54) is 4.80 Å². The van der Waals surface area contributed by atoms with Crippen LogP contribution >= 0.6 is 11.6 Å². The van der Waals surface area contributed by atoms with Crippen LogP contribution in [0.5, 0.6) is 0 Å². The zero-order chi connectivity index (χ0) is 20.5. The van der Waals surface area contributed by atoms with Crippen LogP contribution in [0.3, 0.4) is 0 Å². The summed E-state index contributed by atoms with van der Waals surface area (Å²) in [5.74, 6) is -0.241. The van der Waals surface area contributed by atoms with Crippen LogP contribution in [-0.2, 0) is 4.79 Å². The minimum absolute atomic E-state index is 0.0199. The van der Waals surface area contributed by atoms with Crippen molar-refractivity contribution >= 4 is 34.8 Å². The quantitative estimate of drug-likeness (QED) is 0.662. The van der Waals surface area contributed by atoms with Crippen molar-refractivity contribution in [3.05, 3.63) is 64.4 Å². The SMILES string of the molecule is Cc1ccc(NC(=O)C2CC2)cc1NC(=O)c1nn(-c2cccc(Cl)c2)nc1C. The molecule has 0 saturated heterocycles. The second-order valence-electron chi connectivity index (χ2n) is 7.15. The smallest absolute Gasteiger partial charge is 0.278 e. The maximum Gasteiger partial charge on any atom is 0.278 e. The van der Waals surface area contributed by atoms with E-state index in [-0.39, 0.29) is 23.4 Å². The number of aromatic nitrogens is 3. The highest BCUT2D eigenvalue weighted by molar-refractivity contribution is 6.30. The average molecular weight is 410 g/mol. The van der Waals surface area contributed by atoms with Gasteiger partial charge in [0.2, 0.25) is 5.91 Å². The van der Waals surface area contributed by atoms with Gasteiger partial charge < -0.3 is 10.6 Å². The molecule has 148 valence electrons. The molecule has 3 aromatic rings. The van der Waals surface area contributed by atoms with E-state index in [0.717, 1.165) is 18.4 Å². The van der Waals surface area contributed by atoms with Crippen LogP contribution in [0.1, 0.15) is 34.6 Å². The summed E-state index contributed by atoms with van der Waals surface area (Å²) in [5, 5.41) is 15.0. The highest BCUT2D eigenvalue weighted by Gasteiger charge is 2.29. The Hall–Kier alpha value is -3.19. The highest BCUT2D eigenvalue weighted by atomic mass is 35.5. The summed E-state index contributed by atoms with van der Waals surface area (Å²) < 4.78 is 0. The van der Waals surface area contributed by atoms with Gasteiger partial charge in [-0.3, -0.25) is 9.59 Å². The molecule has 1 saturated carbocycles. The number of carbonyl (C=O) groups is 2. The van der Waals surface area contributed by atoms with E-state index in [1.807, 2.05) is 25.1 Å². The third-order valence-corrected chi connectivity index (χ3v) is 4.97. The zero-order valence-corrected chi connectivity index (χ0v) is 16.8. The van der Waals surface area contributed by atoms with Gasteiger partial charge in [0.05, 0.1) is 11.4 Å². The Bertz CT molecular complexity index is 1100. The summed E-state index contributed by atoms with van der Waals surface area (Å²) in [6.45, 7) is 3.61. The molecule has 1 aliphatic rings. The van der Waals surface area contributed by atoms with Crippen molar-refractivity contribution in [2.24, 2.45) is 5.92 Å². The van der Waals surface area contributed by atoms with Crippen molar-refractivity contribution in [3.63, 3.8) is 0 Å². The van der Waals surface area contributed by atoms with Crippen LogP contribution < -0.4 is 10.6 Å². The van der Waals surface area contributed by atoms with Crippen LogP contribution in [0.15, 0.2) is 42.5 Å². The molecule has 8 heteroatoms. The molecule has 1 aromatic heterocycles. The molecule has 1 fully saturated rings. The van der Waals surface area contributed by atoms with E-state index in [0.29, 0.717) is 27.8 Å². The van der Waals surface area contributed by atoms with Gasteiger partial charge in [0.15, 0.2) is 5.69 Å². The molecular weight excluding hydrogens is 390 g/mol. The van der Waals surface area contributed by atoms with Crippen LogP contribution in [0.4, 0.5) is 11.4 Å². The topological polar surface area (TPSA) is 88.9 Å². The van der Waals surface area contributed by atoms with Crippen molar-refractivity contribution in [1.29, 1.82) is 0 Å². The van der Waals surface area contributed by atoms with Gasteiger partial charge in [-0.1, -0.05) is 23.7 Å². The first-order chi connectivity index (χ1) is 13.9. The molecule has 2 aromatic carbocycles. The van der Waals surface area contributed by atoms with Crippen LogP contribution in [0, 0.1) is 19.8 Å². The van der Waals surface area contributed by atoms with Crippen LogP contribution in [0.25, 0.3) is 5.69 Å². The molecule has 2 N–H and O–H groups in total. The number of aryl methyl sites for hydroxylation is 2. The molecule has 0 bridgehead atoms. The second-order valence-corrected chi connectivity index (χ2v) is 7.59. The minimum atomic E-state index is -0.371. The van der Waals surface area contributed by atoms with Gasteiger partial charge in [-0.15, -0.1) is 5.10 Å². The summed E-state index contributed by atoms with van der Waals surface area (Å²) in [4.78, 5) is 26.2.